The van der Waals surface area contributed by atoms with Crippen molar-refractivity contribution in [3.05, 3.63) is 87.8 Å². The molecular formula is C40H50N5O7PS. The summed E-state index contributed by atoms with van der Waals surface area (Å²) >= 11 is 1.40. The molecule has 4 heterocycles. The number of rotatable bonds is 18. The zero-order valence-corrected chi connectivity index (χ0v) is 33.1. The van der Waals surface area contributed by atoms with Crippen LogP contribution in [-0.2, 0) is 14.3 Å². The summed E-state index contributed by atoms with van der Waals surface area (Å²) in [6.07, 6.45) is 3.79. The number of likely N-dealkylation sites (tertiary alicyclic amines) is 1. The lowest BCUT2D eigenvalue weighted by molar-refractivity contribution is -0.923. The third-order valence-electron chi connectivity index (χ3n) is 10.7. The molecule has 2 saturated heterocycles. The first-order valence-corrected chi connectivity index (χ1v) is 21.2. The number of hydrogen-bond donors (Lipinski definition) is 2. The molecule has 288 valence electrons. The minimum Gasteiger partial charge on any atom is -0.633 e. The minimum atomic E-state index is -1.14. The van der Waals surface area contributed by atoms with E-state index in [1.165, 1.54) is 11.3 Å². The number of carbonyl (C=O) groups excluding carboxylic acids is 3. The van der Waals surface area contributed by atoms with Crippen LogP contribution in [0.1, 0.15) is 91.3 Å². The topological polar surface area (TPSA) is 146 Å². The summed E-state index contributed by atoms with van der Waals surface area (Å²) in [5, 5.41) is 23.9. The number of esters is 1. The molecule has 6 unspecified atom stereocenters. The summed E-state index contributed by atoms with van der Waals surface area (Å²) in [4.78, 5) is 40.5. The van der Waals surface area contributed by atoms with E-state index in [0.717, 1.165) is 45.7 Å². The molecule has 12 nitrogen and oxygen atoms in total. The highest BCUT2D eigenvalue weighted by molar-refractivity contribution is 7.57. The van der Waals surface area contributed by atoms with Crippen LogP contribution < -0.4 is 15.2 Å². The van der Waals surface area contributed by atoms with Crippen molar-refractivity contribution >= 4 is 47.5 Å². The molecule has 2 aliphatic heterocycles. The first kappa shape index (κ1) is 38.4. The van der Waals surface area contributed by atoms with Gasteiger partial charge >= 0.3 is 5.97 Å². The number of ether oxygens (including phenoxy) is 1. The van der Waals surface area contributed by atoms with Gasteiger partial charge in [0.05, 0.1) is 36.8 Å². The molecular weight excluding hydrogens is 726 g/mol. The summed E-state index contributed by atoms with van der Waals surface area (Å²) in [6.45, 7) is 10.2. The smallest absolute Gasteiger partial charge is 0.323 e. The van der Waals surface area contributed by atoms with Gasteiger partial charge in [-0.25, -0.2) is 4.67 Å². The maximum atomic E-state index is 13.7. The van der Waals surface area contributed by atoms with Crippen LogP contribution in [0.3, 0.4) is 0 Å². The van der Waals surface area contributed by atoms with Crippen LogP contribution in [0.25, 0.3) is 10.1 Å². The Labute approximate surface area is 321 Å². The monoisotopic (exact) mass is 775 g/mol. The fourth-order valence-electron chi connectivity index (χ4n) is 7.32. The molecule has 3 fully saturated rings. The van der Waals surface area contributed by atoms with Crippen LogP contribution in [0.5, 0.6) is 5.75 Å². The number of unbranched alkanes of at least 4 members (excludes halogenated alkanes) is 1. The number of amides is 2. The molecule has 14 heteroatoms. The largest absolute Gasteiger partial charge is 0.633 e. The third kappa shape index (κ3) is 8.98. The third-order valence-corrected chi connectivity index (χ3v) is 14.0. The first-order valence-electron chi connectivity index (χ1n) is 19.1. The Morgan fingerprint density at radius 3 is 2.61 bits per heavy atom. The quantitative estimate of drug-likeness (QED) is 0.0264. The maximum Gasteiger partial charge on any atom is 0.323 e. The lowest BCUT2D eigenvalue weighted by atomic mass is 9.95. The molecule has 3 aliphatic rings. The predicted octanol–water partition coefficient (Wildman–Crippen LogP) is 7.40. The van der Waals surface area contributed by atoms with Gasteiger partial charge in [-0.15, -0.1) is 11.3 Å². The highest BCUT2D eigenvalue weighted by atomic mass is 32.1. The second-order valence-electron chi connectivity index (χ2n) is 15.2. The van der Waals surface area contributed by atoms with Gasteiger partial charge < -0.3 is 34.3 Å². The molecule has 0 radical (unpaired) electrons. The van der Waals surface area contributed by atoms with E-state index in [-0.39, 0.29) is 34.1 Å². The number of quaternary nitrogens is 1. The molecule has 54 heavy (non-hydrogen) atoms. The molecule has 4 aromatic rings. The second kappa shape index (κ2) is 16.5. The number of hydroxylamine groups is 3. The van der Waals surface area contributed by atoms with Crippen molar-refractivity contribution in [2.45, 2.75) is 83.6 Å². The molecule has 1 saturated carbocycles. The van der Waals surface area contributed by atoms with Crippen molar-refractivity contribution in [3.63, 3.8) is 0 Å². The van der Waals surface area contributed by atoms with E-state index in [1.807, 2.05) is 75.4 Å². The number of thiophene rings is 1. The zero-order chi connectivity index (χ0) is 38.0. The summed E-state index contributed by atoms with van der Waals surface area (Å²) in [6, 6.07) is 18.4. The van der Waals surface area contributed by atoms with Gasteiger partial charge in [0.1, 0.15) is 29.5 Å². The Balaban J connectivity index is 0.951. The number of fused-ring (bicyclic) bond motifs is 1. The number of aryl methyl sites for hydroxylation is 1. The molecule has 7 atom stereocenters. The number of para-hydroxylation sites is 1. The van der Waals surface area contributed by atoms with E-state index in [4.69, 9.17) is 13.8 Å². The van der Waals surface area contributed by atoms with E-state index in [1.54, 1.807) is 0 Å². The van der Waals surface area contributed by atoms with Gasteiger partial charge in [-0.05, 0) is 99.1 Å². The molecule has 1 aliphatic carbocycles. The van der Waals surface area contributed by atoms with Gasteiger partial charge in [0.25, 0.3) is 5.91 Å². The number of nitrogens with one attached hydrogen (secondary N) is 2. The molecule has 2 aromatic heterocycles. The summed E-state index contributed by atoms with van der Waals surface area (Å²) in [5.41, 5.74) is 1.83. The minimum absolute atomic E-state index is 0.105. The van der Waals surface area contributed by atoms with Crippen LogP contribution in [-0.4, -0.2) is 77.1 Å². The fourth-order valence-corrected chi connectivity index (χ4v) is 10.4. The normalized spacial score (nSPS) is 26.7. The lowest BCUT2D eigenvalue weighted by Gasteiger charge is -2.53. The molecule has 7 rings (SSSR count). The Morgan fingerprint density at radius 2 is 1.91 bits per heavy atom. The van der Waals surface area contributed by atoms with Crippen molar-refractivity contribution < 1.29 is 32.8 Å². The van der Waals surface area contributed by atoms with Crippen molar-refractivity contribution in [2.75, 3.05) is 32.8 Å². The Bertz CT molecular complexity index is 1950. The Morgan fingerprint density at radius 1 is 1.13 bits per heavy atom. The molecule has 0 bridgehead atoms. The number of aromatic nitrogens is 1. The molecule has 2 amide bonds. The van der Waals surface area contributed by atoms with Crippen molar-refractivity contribution in [2.24, 2.45) is 11.8 Å². The van der Waals surface area contributed by atoms with Crippen LogP contribution in [0.4, 0.5) is 0 Å². The Hall–Kier alpha value is -3.87. The van der Waals surface area contributed by atoms with E-state index >= 15 is 0 Å². The van der Waals surface area contributed by atoms with Crippen LogP contribution in [0.15, 0.2) is 65.2 Å². The first-order chi connectivity index (χ1) is 26.0. The van der Waals surface area contributed by atoms with E-state index in [0.29, 0.717) is 68.8 Å². The van der Waals surface area contributed by atoms with E-state index < -0.39 is 20.4 Å². The standard InChI is InChI=1S/C40H50N5O7PS/c1-5-17-50-40(48)27(4)44-39(53(44)52-32-11-7-6-8-12-32)28-13-14-35-30(20-28)22-36(54-35)38(47)42-33(21-29-18-25(29)2)37(46)41-15-9-10-16-45(49)23-31(24-45)34-19-26(3)43-51-34/h6-8,11-14,19-20,22,25,27,29,31,33,39H,5,9-10,15-18,21,23-24H2,1-4H3,(H,41,46)(H,42,47)/t25?,27?,29?,31?,33-,39?,44?,45?,53?/m0/s1. The fraction of sp³-hybridized carbons (Fsp3) is 0.500. The number of benzene rings is 2. The highest BCUT2D eigenvalue weighted by Gasteiger charge is 2.57. The molecule has 0 spiro atoms. The molecule has 2 aromatic carbocycles. The Kier molecular flexibility index (Phi) is 11.7. The highest BCUT2D eigenvalue weighted by Crippen LogP contribution is 2.75. The average molecular weight is 776 g/mol. The maximum absolute atomic E-state index is 13.7. The van der Waals surface area contributed by atoms with Gasteiger partial charge in [0.2, 0.25) is 5.91 Å². The second-order valence-corrected chi connectivity index (χ2v) is 18.0. The number of hydrogen-bond acceptors (Lipinski definition) is 10. The van der Waals surface area contributed by atoms with E-state index in [9.17, 15) is 19.6 Å². The number of carbonyl (C=O) groups is 3. The average Bonchev–Trinajstić information content (AvgIpc) is 3.90. The van der Waals surface area contributed by atoms with Crippen molar-refractivity contribution in [1.82, 2.24) is 20.5 Å². The zero-order valence-electron chi connectivity index (χ0n) is 31.4. The summed E-state index contributed by atoms with van der Waals surface area (Å²) in [7, 11) is -1.14. The van der Waals surface area contributed by atoms with Crippen LogP contribution in [0, 0.1) is 24.0 Å². The van der Waals surface area contributed by atoms with Crippen LogP contribution >= 0.6 is 19.6 Å². The number of nitrogens with zero attached hydrogens (tertiary/aromatic N) is 3. The van der Waals surface area contributed by atoms with Crippen molar-refractivity contribution in [1.29, 1.82) is 0 Å². The van der Waals surface area contributed by atoms with Crippen molar-refractivity contribution in [3.8, 4) is 5.75 Å². The van der Waals surface area contributed by atoms with E-state index in [2.05, 4.69) is 33.5 Å². The van der Waals surface area contributed by atoms with Gasteiger partial charge in [0.15, 0.2) is 14.1 Å². The SMILES string of the molecule is CCCOC(=O)C(C)N1C(c2ccc3sc(C(=O)N[C@@H](CC4CC4C)C(=O)NCCCC[N+]4([O-])CC(c5cc(C)no5)C4)cc3c2)P1Oc1ccccc1. The van der Waals surface area contributed by atoms with Crippen LogP contribution in [0.2, 0.25) is 0 Å². The molecule has 2 N–H and O–H groups in total. The van der Waals surface area contributed by atoms with Gasteiger partial charge in [-0.2, -0.15) is 0 Å². The lowest BCUT2D eigenvalue weighted by Crippen LogP contribution is -2.58. The van der Waals surface area contributed by atoms with Gasteiger partial charge in [0, 0.05) is 17.3 Å². The predicted molar refractivity (Wildman–Crippen MR) is 209 cm³/mol. The van der Waals surface area contributed by atoms with Gasteiger partial charge in [-0.1, -0.05) is 43.3 Å². The van der Waals surface area contributed by atoms with Gasteiger partial charge in [-0.3, -0.25) is 14.4 Å². The summed E-state index contributed by atoms with van der Waals surface area (Å²) in [5.74, 6) is 1.76. The summed E-state index contributed by atoms with van der Waals surface area (Å²) < 4.78 is 20.0.